The number of carbonyl (C=O) groups is 1. The van der Waals surface area contributed by atoms with Gasteiger partial charge in [-0.25, -0.2) is 9.50 Å². The third-order valence-corrected chi connectivity index (χ3v) is 7.28. The maximum Gasteiger partial charge on any atom is 0.364 e. The molecule has 0 unspecified atom stereocenters. The van der Waals surface area contributed by atoms with Crippen LogP contribution in [0.3, 0.4) is 0 Å². The minimum Gasteiger partial charge on any atom is -0.335 e. The van der Waals surface area contributed by atoms with Crippen molar-refractivity contribution in [2.75, 3.05) is 7.05 Å². The van der Waals surface area contributed by atoms with Crippen LogP contribution >= 0.6 is 11.6 Å². The van der Waals surface area contributed by atoms with E-state index < -0.39 is 11.1 Å². The maximum absolute atomic E-state index is 13.8. The van der Waals surface area contributed by atoms with Crippen molar-refractivity contribution < 1.29 is 13.6 Å². The lowest BCUT2D eigenvalue weighted by atomic mass is 9.52. The Labute approximate surface area is 167 Å². The van der Waals surface area contributed by atoms with Gasteiger partial charge in [-0.3, -0.25) is 4.79 Å². The molecule has 0 N–H and O–H groups in total. The smallest absolute Gasteiger partial charge is 0.335 e. The SMILES string of the molecule is Cc1cc(C(F)(F)Cl)n2nc(C(=O)N(C)C34CC5CC(CC(C5)C3)C4)cc2n1. The van der Waals surface area contributed by atoms with Gasteiger partial charge in [0.05, 0.1) is 0 Å². The van der Waals surface area contributed by atoms with Crippen molar-refractivity contribution in [2.45, 2.75) is 56.4 Å². The van der Waals surface area contributed by atoms with E-state index in [-0.39, 0.29) is 22.8 Å². The molecule has 0 saturated heterocycles. The first-order valence-electron chi connectivity index (χ1n) is 9.87. The molecule has 4 saturated carbocycles. The summed E-state index contributed by atoms with van der Waals surface area (Å²) in [6, 6.07) is 2.68. The van der Waals surface area contributed by atoms with Crippen LogP contribution in [0.25, 0.3) is 5.65 Å². The Morgan fingerprint density at radius 3 is 2.32 bits per heavy atom. The van der Waals surface area contributed by atoms with Crippen molar-refractivity contribution in [3.63, 3.8) is 0 Å². The van der Waals surface area contributed by atoms with Gasteiger partial charge in [0.15, 0.2) is 11.3 Å². The van der Waals surface area contributed by atoms with Gasteiger partial charge in [-0.15, -0.1) is 0 Å². The molecule has 4 aliphatic carbocycles. The molecule has 6 rings (SSSR count). The fourth-order valence-electron chi connectivity index (χ4n) is 6.27. The van der Waals surface area contributed by atoms with Gasteiger partial charge in [-0.2, -0.15) is 13.9 Å². The second-order valence-corrected chi connectivity index (χ2v) is 9.56. The zero-order valence-corrected chi connectivity index (χ0v) is 16.7. The molecule has 1 amide bonds. The number of aryl methyl sites for hydroxylation is 1. The molecule has 28 heavy (non-hydrogen) atoms. The summed E-state index contributed by atoms with van der Waals surface area (Å²) in [6.45, 7) is 1.61. The summed E-state index contributed by atoms with van der Waals surface area (Å²) in [6.07, 6.45) is 6.97. The second kappa shape index (κ2) is 5.88. The lowest BCUT2D eigenvalue weighted by Crippen LogP contribution is -2.60. The van der Waals surface area contributed by atoms with Crippen molar-refractivity contribution in [1.29, 1.82) is 0 Å². The van der Waals surface area contributed by atoms with Gasteiger partial charge >= 0.3 is 5.38 Å². The number of halogens is 3. The van der Waals surface area contributed by atoms with Crippen LogP contribution < -0.4 is 0 Å². The van der Waals surface area contributed by atoms with Crippen molar-refractivity contribution in [2.24, 2.45) is 17.8 Å². The van der Waals surface area contributed by atoms with Crippen molar-refractivity contribution in [3.05, 3.63) is 29.2 Å². The zero-order chi connectivity index (χ0) is 19.8. The Morgan fingerprint density at radius 2 is 1.79 bits per heavy atom. The molecule has 0 spiro atoms. The molecule has 0 atom stereocenters. The Bertz CT molecular complexity index is 932. The van der Waals surface area contributed by atoms with Crippen LogP contribution in [0, 0.1) is 24.7 Å². The number of fused-ring (bicyclic) bond motifs is 1. The molecular formula is C20H23ClF2N4O. The van der Waals surface area contributed by atoms with E-state index in [0.29, 0.717) is 23.4 Å². The molecule has 0 aliphatic heterocycles. The topological polar surface area (TPSA) is 50.5 Å². The maximum atomic E-state index is 13.8. The molecule has 0 aromatic carbocycles. The Morgan fingerprint density at radius 1 is 1.21 bits per heavy atom. The third kappa shape index (κ3) is 2.73. The minimum absolute atomic E-state index is 0.121. The van der Waals surface area contributed by atoms with E-state index in [0.717, 1.165) is 23.8 Å². The van der Waals surface area contributed by atoms with Gasteiger partial charge in [0.2, 0.25) is 0 Å². The highest BCUT2D eigenvalue weighted by molar-refractivity contribution is 6.21. The van der Waals surface area contributed by atoms with Crippen molar-refractivity contribution in [3.8, 4) is 0 Å². The molecule has 8 heteroatoms. The van der Waals surface area contributed by atoms with Gasteiger partial charge < -0.3 is 4.90 Å². The van der Waals surface area contributed by atoms with Gasteiger partial charge in [-0.05, 0) is 80.9 Å². The van der Waals surface area contributed by atoms with E-state index in [1.807, 2.05) is 11.9 Å². The summed E-state index contributed by atoms with van der Waals surface area (Å²) < 4.78 is 28.6. The average Bonchev–Trinajstić information content (AvgIpc) is 3.01. The van der Waals surface area contributed by atoms with Crippen LogP contribution in [0.1, 0.15) is 60.4 Å². The number of hydrogen-bond acceptors (Lipinski definition) is 3. The third-order valence-electron chi connectivity index (χ3n) is 7.09. The molecular weight excluding hydrogens is 386 g/mol. The van der Waals surface area contributed by atoms with Crippen LogP contribution in [0.2, 0.25) is 0 Å². The van der Waals surface area contributed by atoms with Crippen LogP contribution in [-0.2, 0) is 5.38 Å². The summed E-state index contributed by atoms with van der Waals surface area (Å²) in [5.74, 6) is 1.88. The van der Waals surface area contributed by atoms with E-state index in [9.17, 15) is 13.6 Å². The number of rotatable bonds is 3. The van der Waals surface area contributed by atoms with Crippen molar-refractivity contribution in [1.82, 2.24) is 19.5 Å². The molecule has 4 fully saturated rings. The minimum atomic E-state index is -3.59. The first-order valence-corrected chi connectivity index (χ1v) is 10.3. The fourth-order valence-corrected chi connectivity index (χ4v) is 6.40. The highest BCUT2D eigenvalue weighted by atomic mass is 35.5. The molecule has 4 bridgehead atoms. The second-order valence-electron chi connectivity index (χ2n) is 9.09. The normalized spacial score (nSPS) is 31.5. The number of amides is 1. The van der Waals surface area contributed by atoms with E-state index >= 15 is 0 Å². The predicted molar refractivity (Wildman–Crippen MR) is 100 cm³/mol. The first kappa shape index (κ1) is 18.3. The lowest BCUT2D eigenvalue weighted by Gasteiger charge is -2.59. The van der Waals surface area contributed by atoms with Crippen LogP contribution in [0.5, 0.6) is 0 Å². The number of hydrogen-bond donors (Lipinski definition) is 0. The molecule has 0 radical (unpaired) electrons. The Balaban J connectivity index is 1.51. The summed E-state index contributed by atoms with van der Waals surface area (Å²) in [4.78, 5) is 19.4. The largest absolute Gasteiger partial charge is 0.364 e. The van der Waals surface area contributed by atoms with Gasteiger partial charge in [0.1, 0.15) is 5.69 Å². The number of alkyl halides is 3. The monoisotopic (exact) mass is 408 g/mol. The van der Waals surface area contributed by atoms with Crippen LogP contribution in [-0.4, -0.2) is 38.0 Å². The van der Waals surface area contributed by atoms with Crippen molar-refractivity contribution >= 4 is 23.2 Å². The average molecular weight is 409 g/mol. The van der Waals surface area contributed by atoms with Gasteiger partial charge in [0.25, 0.3) is 5.91 Å². The summed E-state index contributed by atoms with van der Waals surface area (Å²) >= 11 is 5.25. The first-order chi connectivity index (χ1) is 13.1. The standard InChI is InChI=1S/C20H23ClF2N4O/c1-11-3-16(20(21,22)23)27-17(24-11)7-15(25-27)18(28)26(2)19-8-12-4-13(9-19)6-14(5-12)10-19/h3,7,12-14H,4-6,8-10H2,1-2H3. The lowest BCUT2D eigenvalue weighted by molar-refractivity contribution is -0.0667. The molecule has 4 aliphatic rings. The summed E-state index contributed by atoms with van der Waals surface area (Å²) in [7, 11) is 1.84. The fraction of sp³-hybridized carbons (Fsp3) is 0.650. The van der Waals surface area contributed by atoms with Gasteiger partial charge in [0, 0.05) is 24.3 Å². The Hall–Kier alpha value is -1.76. The molecule has 2 heterocycles. The summed E-state index contributed by atoms with van der Waals surface area (Å²) in [5, 5.41) is 0.574. The number of aromatic nitrogens is 3. The van der Waals surface area contributed by atoms with Crippen LogP contribution in [0.4, 0.5) is 8.78 Å². The molecule has 5 nitrogen and oxygen atoms in total. The molecule has 2 aromatic rings. The number of carbonyl (C=O) groups excluding carboxylic acids is 1. The predicted octanol–water partition coefficient (Wildman–Crippen LogP) is 4.37. The summed E-state index contributed by atoms with van der Waals surface area (Å²) in [5.41, 5.74) is 0.143. The van der Waals surface area contributed by atoms with Crippen LogP contribution in [0.15, 0.2) is 12.1 Å². The van der Waals surface area contributed by atoms with E-state index in [2.05, 4.69) is 10.1 Å². The van der Waals surface area contributed by atoms with E-state index in [1.165, 1.54) is 31.4 Å². The highest BCUT2D eigenvalue weighted by Crippen LogP contribution is 2.57. The van der Waals surface area contributed by atoms with Gasteiger partial charge in [-0.1, -0.05) is 0 Å². The quantitative estimate of drug-likeness (QED) is 0.709. The van der Waals surface area contributed by atoms with E-state index in [4.69, 9.17) is 11.6 Å². The Kier molecular flexibility index (Phi) is 3.84. The highest BCUT2D eigenvalue weighted by Gasteiger charge is 2.54. The number of nitrogens with zero attached hydrogens (tertiary/aromatic N) is 4. The van der Waals surface area contributed by atoms with E-state index in [1.54, 1.807) is 6.92 Å². The zero-order valence-electron chi connectivity index (χ0n) is 16.0. The molecule has 150 valence electrons. The molecule has 2 aromatic heterocycles.